The molecular formula is C29H29F3N2O. The number of rotatable bonds is 6. The summed E-state index contributed by atoms with van der Waals surface area (Å²) in [5.41, 5.74) is 1.99. The molecule has 35 heavy (non-hydrogen) atoms. The second kappa shape index (κ2) is 9.86. The zero-order chi connectivity index (χ0) is 24.4. The van der Waals surface area contributed by atoms with Crippen LogP contribution in [0.15, 0.2) is 84.9 Å². The van der Waals surface area contributed by atoms with Gasteiger partial charge in [-0.05, 0) is 47.4 Å². The molecule has 5 rings (SSSR count). The van der Waals surface area contributed by atoms with Gasteiger partial charge in [0, 0.05) is 25.7 Å². The van der Waals surface area contributed by atoms with Crippen molar-refractivity contribution in [3.8, 4) is 0 Å². The van der Waals surface area contributed by atoms with Gasteiger partial charge in [0.2, 0.25) is 5.91 Å². The van der Waals surface area contributed by atoms with Crippen molar-refractivity contribution in [2.45, 2.75) is 37.5 Å². The Morgan fingerprint density at radius 1 is 0.886 bits per heavy atom. The zero-order valence-electron chi connectivity index (χ0n) is 19.4. The van der Waals surface area contributed by atoms with Gasteiger partial charge in [0.1, 0.15) is 0 Å². The predicted octanol–water partition coefficient (Wildman–Crippen LogP) is 5.86. The fraction of sp³-hybridized carbons (Fsp3) is 0.345. The maximum absolute atomic E-state index is 13.6. The van der Waals surface area contributed by atoms with E-state index in [0.717, 1.165) is 43.1 Å². The monoisotopic (exact) mass is 478 g/mol. The van der Waals surface area contributed by atoms with E-state index >= 15 is 0 Å². The van der Waals surface area contributed by atoms with Crippen molar-refractivity contribution in [3.63, 3.8) is 0 Å². The number of benzene rings is 3. The Balaban J connectivity index is 1.27. The van der Waals surface area contributed by atoms with Crippen molar-refractivity contribution in [1.29, 1.82) is 0 Å². The van der Waals surface area contributed by atoms with Crippen LogP contribution in [-0.2, 0) is 17.5 Å². The average molecular weight is 479 g/mol. The second-order valence-corrected chi connectivity index (χ2v) is 9.76. The fourth-order valence-electron chi connectivity index (χ4n) is 5.82. The van der Waals surface area contributed by atoms with Gasteiger partial charge in [0.25, 0.3) is 0 Å². The average Bonchev–Trinajstić information content (AvgIpc) is 3.41. The van der Waals surface area contributed by atoms with E-state index in [4.69, 9.17) is 0 Å². The van der Waals surface area contributed by atoms with E-state index in [-0.39, 0.29) is 17.9 Å². The van der Waals surface area contributed by atoms with Gasteiger partial charge in [0.05, 0.1) is 11.5 Å². The van der Waals surface area contributed by atoms with E-state index in [1.165, 1.54) is 12.1 Å². The summed E-state index contributed by atoms with van der Waals surface area (Å²) in [6.45, 7) is 2.13. The predicted molar refractivity (Wildman–Crippen MR) is 130 cm³/mol. The molecule has 2 aliphatic rings. The standard InChI is InChI=1S/C29H29F3N2O/c30-29(31,32)24-13-7-8-20(16-24)17-34-18-23-14-15-26(25(23)19-34)33-28(35)27(21-9-3-1-4-10-21)22-11-5-2-6-12-22/h1-13,16,23,25-27H,14-15,17-19H2,(H,33,35)/t23-,25+,26+/m0/s1. The third-order valence-corrected chi connectivity index (χ3v) is 7.45. The van der Waals surface area contributed by atoms with Gasteiger partial charge in [-0.2, -0.15) is 13.2 Å². The molecule has 0 unspecified atom stereocenters. The number of alkyl halides is 3. The summed E-state index contributed by atoms with van der Waals surface area (Å²) in [4.78, 5) is 15.8. The molecule has 1 aliphatic heterocycles. The molecule has 3 aromatic rings. The maximum atomic E-state index is 13.6. The summed E-state index contributed by atoms with van der Waals surface area (Å²) in [7, 11) is 0. The zero-order valence-corrected chi connectivity index (χ0v) is 19.4. The smallest absolute Gasteiger partial charge is 0.352 e. The molecule has 1 heterocycles. The number of carbonyl (C=O) groups excluding carboxylic acids is 1. The lowest BCUT2D eigenvalue weighted by Crippen LogP contribution is -2.42. The van der Waals surface area contributed by atoms with Crippen LogP contribution in [0, 0.1) is 11.8 Å². The van der Waals surface area contributed by atoms with Crippen molar-refractivity contribution in [2.75, 3.05) is 13.1 Å². The number of amides is 1. The van der Waals surface area contributed by atoms with E-state index in [2.05, 4.69) is 10.2 Å². The van der Waals surface area contributed by atoms with Crippen molar-refractivity contribution >= 4 is 5.91 Å². The minimum Gasteiger partial charge on any atom is -0.352 e. The minimum absolute atomic E-state index is 0.00405. The van der Waals surface area contributed by atoms with E-state index in [9.17, 15) is 18.0 Å². The molecule has 3 nitrogen and oxygen atoms in total. The fourth-order valence-corrected chi connectivity index (χ4v) is 5.82. The molecule has 1 aliphatic carbocycles. The van der Waals surface area contributed by atoms with Crippen LogP contribution in [0.4, 0.5) is 13.2 Å². The molecular weight excluding hydrogens is 449 g/mol. The van der Waals surface area contributed by atoms with Crippen molar-refractivity contribution in [3.05, 3.63) is 107 Å². The Kier molecular flexibility index (Phi) is 6.65. The Morgan fingerprint density at radius 2 is 1.54 bits per heavy atom. The summed E-state index contributed by atoms with van der Waals surface area (Å²) in [6.07, 6.45) is -2.37. The van der Waals surface area contributed by atoms with Gasteiger partial charge in [-0.15, -0.1) is 0 Å². The Bertz CT molecular complexity index is 1110. The number of nitrogens with zero attached hydrogens (tertiary/aromatic N) is 1. The number of hydrogen-bond acceptors (Lipinski definition) is 2. The van der Waals surface area contributed by atoms with Gasteiger partial charge < -0.3 is 5.32 Å². The van der Waals surface area contributed by atoms with Crippen LogP contribution in [0.1, 0.15) is 41.0 Å². The normalized spacial score (nSPS) is 22.3. The number of likely N-dealkylation sites (tertiary alicyclic amines) is 1. The van der Waals surface area contributed by atoms with Crippen LogP contribution in [-0.4, -0.2) is 29.9 Å². The van der Waals surface area contributed by atoms with Crippen LogP contribution < -0.4 is 5.32 Å². The largest absolute Gasteiger partial charge is 0.416 e. The molecule has 1 amide bonds. The molecule has 0 aromatic heterocycles. The number of nitrogens with one attached hydrogen (secondary N) is 1. The molecule has 2 fully saturated rings. The Labute approximate surface area is 204 Å². The Hall–Kier alpha value is -3.12. The lowest BCUT2D eigenvalue weighted by atomic mass is 9.89. The molecule has 1 saturated heterocycles. The number of halogens is 3. The first kappa shape index (κ1) is 23.6. The molecule has 0 spiro atoms. The molecule has 3 atom stereocenters. The lowest BCUT2D eigenvalue weighted by Gasteiger charge is -2.25. The molecule has 6 heteroatoms. The van der Waals surface area contributed by atoms with E-state index in [1.54, 1.807) is 6.07 Å². The van der Waals surface area contributed by atoms with Crippen molar-refractivity contribution < 1.29 is 18.0 Å². The molecule has 1 N–H and O–H groups in total. The van der Waals surface area contributed by atoms with Crippen LogP contribution in [0.3, 0.4) is 0 Å². The van der Waals surface area contributed by atoms with E-state index in [0.29, 0.717) is 23.9 Å². The van der Waals surface area contributed by atoms with Crippen LogP contribution in [0.5, 0.6) is 0 Å². The molecule has 3 aromatic carbocycles. The highest BCUT2D eigenvalue weighted by atomic mass is 19.4. The van der Waals surface area contributed by atoms with E-state index < -0.39 is 11.7 Å². The summed E-state index contributed by atoms with van der Waals surface area (Å²) in [5.74, 6) is 0.401. The van der Waals surface area contributed by atoms with Crippen molar-refractivity contribution in [1.82, 2.24) is 10.2 Å². The number of hydrogen-bond donors (Lipinski definition) is 1. The summed E-state index contributed by atoms with van der Waals surface area (Å²) in [6, 6.07) is 25.3. The third-order valence-electron chi connectivity index (χ3n) is 7.45. The molecule has 182 valence electrons. The first-order valence-corrected chi connectivity index (χ1v) is 12.2. The summed E-state index contributed by atoms with van der Waals surface area (Å²) in [5, 5.41) is 3.35. The van der Waals surface area contributed by atoms with Gasteiger partial charge in [-0.1, -0.05) is 78.9 Å². The highest BCUT2D eigenvalue weighted by Gasteiger charge is 2.43. The third kappa shape index (κ3) is 5.27. The van der Waals surface area contributed by atoms with Crippen molar-refractivity contribution in [2.24, 2.45) is 11.8 Å². The number of fused-ring (bicyclic) bond motifs is 1. The Morgan fingerprint density at radius 3 is 2.17 bits per heavy atom. The van der Waals surface area contributed by atoms with Crippen LogP contribution in [0.2, 0.25) is 0 Å². The summed E-state index contributed by atoms with van der Waals surface area (Å²) < 4.78 is 39.3. The van der Waals surface area contributed by atoms with Crippen LogP contribution in [0.25, 0.3) is 0 Å². The van der Waals surface area contributed by atoms with Gasteiger partial charge in [-0.25, -0.2) is 0 Å². The van der Waals surface area contributed by atoms with Crippen LogP contribution >= 0.6 is 0 Å². The maximum Gasteiger partial charge on any atom is 0.416 e. The molecule has 0 radical (unpaired) electrons. The summed E-state index contributed by atoms with van der Waals surface area (Å²) >= 11 is 0. The first-order chi connectivity index (χ1) is 16.9. The van der Waals surface area contributed by atoms with E-state index in [1.807, 2.05) is 60.7 Å². The first-order valence-electron chi connectivity index (χ1n) is 12.2. The quantitative estimate of drug-likeness (QED) is 0.481. The van der Waals surface area contributed by atoms with Gasteiger partial charge in [0.15, 0.2) is 0 Å². The molecule has 1 saturated carbocycles. The van der Waals surface area contributed by atoms with Gasteiger partial charge >= 0.3 is 6.18 Å². The lowest BCUT2D eigenvalue weighted by molar-refractivity contribution is -0.137. The van der Waals surface area contributed by atoms with Gasteiger partial charge in [-0.3, -0.25) is 9.69 Å². The SMILES string of the molecule is O=C(N[C@@H]1CC[C@H]2CN(Cc3cccc(C(F)(F)F)c3)C[C@H]21)C(c1ccccc1)c1ccccc1. The highest BCUT2D eigenvalue weighted by Crippen LogP contribution is 2.39. The second-order valence-electron chi connectivity index (χ2n) is 9.76. The minimum atomic E-state index is -4.33. The topological polar surface area (TPSA) is 32.3 Å². The highest BCUT2D eigenvalue weighted by molar-refractivity contribution is 5.87. The molecule has 0 bridgehead atoms. The number of carbonyl (C=O) groups is 1.